The van der Waals surface area contributed by atoms with Crippen LogP contribution in [0.25, 0.3) is 32.2 Å². The number of ether oxygens (including phenoxy) is 2. The van der Waals surface area contributed by atoms with E-state index in [4.69, 9.17) is 15.2 Å². The van der Waals surface area contributed by atoms with Crippen molar-refractivity contribution in [1.29, 1.82) is 5.26 Å². The molecule has 5 rings (SSSR count). The van der Waals surface area contributed by atoms with E-state index in [1.54, 1.807) is 4.90 Å². The van der Waals surface area contributed by atoms with Crippen molar-refractivity contribution >= 4 is 49.1 Å². The Morgan fingerprint density at radius 3 is 2.85 bits per heavy atom. The van der Waals surface area contributed by atoms with Crippen molar-refractivity contribution < 1.29 is 23.0 Å². The number of amides is 1. The van der Waals surface area contributed by atoms with E-state index < -0.39 is 11.6 Å². The zero-order chi connectivity index (χ0) is 29.4. The van der Waals surface area contributed by atoms with E-state index in [1.165, 1.54) is 31.5 Å². The molecule has 13 heteroatoms. The summed E-state index contributed by atoms with van der Waals surface area (Å²) in [6.45, 7) is 6.45. The number of rotatable bonds is 8. The number of nitriles is 1. The van der Waals surface area contributed by atoms with E-state index in [2.05, 4.69) is 21.5 Å². The lowest BCUT2D eigenvalue weighted by atomic mass is 10.0. The third kappa shape index (κ3) is 4.79. The largest absolute Gasteiger partial charge is 0.461 e. The summed E-state index contributed by atoms with van der Waals surface area (Å²) >= 11 is 0.918. The number of hydrogen-bond donors (Lipinski definition) is 1. The molecule has 2 unspecified atom stereocenters. The molecule has 1 amide bonds. The van der Waals surface area contributed by atoms with Crippen LogP contribution in [-0.2, 0) is 9.53 Å². The molecule has 4 aromatic rings. The maximum Gasteiger partial charge on any atom is 0.319 e. The number of likely N-dealkylation sites (tertiary alicyclic amines) is 1. The van der Waals surface area contributed by atoms with E-state index in [0.717, 1.165) is 11.3 Å². The van der Waals surface area contributed by atoms with Crippen LogP contribution in [0.2, 0.25) is 0 Å². The fourth-order valence-corrected chi connectivity index (χ4v) is 6.23. The van der Waals surface area contributed by atoms with Crippen molar-refractivity contribution in [2.75, 3.05) is 44.5 Å². The third-order valence-corrected chi connectivity index (χ3v) is 8.38. The van der Waals surface area contributed by atoms with Gasteiger partial charge in [0.05, 0.1) is 28.3 Å². The number of nitrogens with zero attached hydrogens (tertiary/aromatic N) is 6. The highest BCUT2D eigenvalue weighted by Crippen LogP contribution is 2.42. The number of nitrogens with two attached hydrogens (primary N) is 1. The van der Waals surface area contributed by atoms with Crippen LogP contribution >= 0.6 is 11.3 Å². The minimum atomic E-state index is -0.791. The maximum atomic E-state index is 16.4. The molecule has 4 heterocycles. The molecule has 41 heavy (non-hydrogen) atoms. The third-order valence-electron chi connectivity index (χ3n) is 7.35. The van der Waals surface area contributed by atoms with E-state index in [1.807, 2.05) is 24.9 Å². The predicted molar refractivity (Wildman–Crippen MR) is 153 cm³/mol. The van der Waals surface area contributed by atoms with Crippen LogP contribution in [0.15, 0.2) is 31.0 Å². The van der Waals surface area contributed by atoms with Crippen LogP contribution in [0, 0.1) is 23.0 Å². The van der Waals surface area contributed by atoms with Crippen molar-refractivity contribution in [3.8, 4) is 23.3 Å². The van der Waals surface area contributed by atoms with Gasteiger partial charge in [0.2, 0.25) is 5.91 Å². The minimum Gasteiger partial charge on any atom is -0.461 e. The molecule has 10 nitrogen and oxygen atoms in total. The molecule has 0 saturated carbocycles. The first-order chi connectivity index (χ1) is 19.7. The quantitative estimate of drug-likeness (QED) is 0.240. The van der Waals surface area contributed by atoms with Gasteiger partial charge in [-0.15, -0.1) is 11.3 Å². The Morgan fingerprint density at radius 1 is 1.37 bits per heavy atom. The van der Waals surface area contributed by atoms with Crippen LogP contribution in [0.4, 0.5) is 19.6 Å². The van der Waals surface area contributed by atoms with Gasteiger partial charge in [-0.2, -0.15) is 15.2 Å². The van der Waals surface area contributed by atoms with Crippen molar-refractivity contribution in [2.45, 2.75) is 25.4 Å². The molecule has 0 spiro atoms. The number of benzene rings is 1. The Kier molecular flexibility index (Phi) is 7.70. The summed E-state index contributed by atoms with van der Waals surface area (Å²) in [5, 5.41) is 10.3. The zero-order valence-electron chi connectivity index (χ0n) is 22.6. The minimum absolute atomic E-state index is 0.0568. The van der Waals surface area contributed by atoms with E-state index >= 15 is 4.39 Å². The second-order valence-corrected chi connectivity index (χ2v) is 10.6. The Balaban J connectivity index is 1.68. The molecule has 0 aliphatic carbocycles. The van der Waals surface area contributed by atoms with Gasteiger partial charge in [-0.3, -0.25) is 9.78 Å². The molecule has 2 N–H and O–H groups in total. The number of hydrogen-bond acceptors (Lipinski definition) is 10. The number of methoxy groups -OCH3 is 1. The van der Waals surface area contributed by atoms with Crippen LogP contribution in [0.1, 0.15) is 18.9 Å². The van der Waals surface area contributed by atoms with E-state index in [9.17, 15) is 14.4 Å². The first-order valence-corrected chi connectivity index (χ1v) is 13.6. The van der Waals surface area contributed by atoms with Gasteiger partial charge < -0.3 is 25.0 Å². The highest BCUT2D eigenvalue weighted by atomic mass is 32.1. The first-order valence-electron chi connectivity index (χ1n) is 12.8. The number of carbonyl (C=O) groups excluding carboxylic acids is 1. The van der Waals surface area contributed by atoms with Crippen molar-refractivity contribution in [2.24, 2.45) is 0 Å². The summed E-state index contributed by atoms with van der Waals surface area (Å²) in [6, 6.07) is 4.17. The maximum absolute atomic E-state index is 16.4. The summed E-state index contributed by atoms with van der Waals surface area (Å²) < 4.78 is 41.9. The molecule has 1 saturated heterocycles. The lowest BCUT2D eigenvalue weighted by molar-refractivity contribution is -0.126. The standard InChI is InChI=1S/C28H27F2N7O3S/c1-5-20(38)37-9-8-19(14(37)2)36(3)27-17-13-33-23(22(30)24(17)34-28(35-27)40-11-10-39-4)15-6-7-18(29)25-21(15)16(12-31)26(32)41-25/h5-7,13-14,19H,1,8-11,32H2,2-4H3. The lowest BCUT2D eigenvalue weighted by Crippen LogP contribution is -2.43. The average Bonchev–Trinajstić information content (AvgIpc) is 3.52. The Morgan fingerprint density at radius 2 is 2.15 bits per heavy atom. The van der Waals surface area contributed by atoms with E-state index in [-0.39, 0.29) is 74.6 Å². The lowest BCUT2D eigenvalue weighted by Gasteiger charge is -2.32. The Bertz CT molecular complexity index is 1720. The van der Waals surface area contributed by atoms with Crippen molar-refractivity contribution in [3.63, 3.8) is 0 Å². The van der Waals surface area contributed by atoms with Gasteiger partial charge in [0, 0.05) is 43.9 Å². The number of nitrogen functional groups attached to an aromatic ring is 1. The first kappa shape index (κ1) is 28.1. The normalized spacial score (nSPS) is 16.7. The number of aromatic nitrogens is 3. The number of carbonyl (C=O) groups is 1. The molecule has 0 radical (unpaired) electrons. The summed E-state index contributed by atoms with van der Waals surface area (Å²) in [4.78, 5) is 29.3. The molecule has 1 aliphatic heterocycles. The monoisotopic (exact) mass is 579 g/mol. The molecule has 1 aromatic carbocycles. The number of likely N-dealkylation sites (N-methyl/N-ethyl adjacent to an activating group) is 1. The second kappa shape index (κ2) is 11.2. The number of fused-ring (bicyclic) bond motifs is 2. The van der Waals surface area contributed by atoms with Gasteiger partial charge in [-0.05, 0) is 31.6 Å². The fourth-order valence-electron chi connectivity index (χ4n) is 5.28. The molecule has 0 bridgehead atoms. The molecule has 2 atom stereocenters. The number of halogens is 2. The smallest absolute Gasteiger partial charge is 0.319 e. The van der Waals surface area contributed by atoms with Crippen LogP contribution < -0.4 is 15.4 Å². The molecule has 1 fully saturated rings. The van der Waals surface area contributed by atoms with Gasteiger partial charge in [-0.25, -0.2) is 8.78 Å². The highest BCUT2D eigenvalue weighted by molar-refractivity contribution is 7.23. The zero-order valence-corrected chi connectivity index (χ0v) is 23.5. The molecule has 212 valence electrons. The number of thiophene rings is 1. The molecule has 3 aromatic heterocycles. The topological polar surface area (TPSA) is 130 Å². The van der Waals surface area contributed by atoms with Crippen LogP contribution in [0.5, 0.6) is 6.01 Å². The van der Waals surface area contributed by atoms with Gasteiger partial charge in [-0.1, -0.05) is 6.58 Å². The summed E-state index contributed by atoms with van der Waals surface area (Å²) in [6.07, 6.45) is 3.38. The van der Waals surface area contributed by atoms with Crippen LogP contribution in [-0.4, -0.2) is 71.8 Å². The molecule has 1 aliphatic rings. The van der Waals surface area contributed by atoms with Gasteiger partial charge >= 0.3 is 6.01 Å². The second-order valence-electron chi connectivity index (χ2n) is 9.55. The highest BCUT2D eigenvalue weighted by Gasteiger charge is 2.37. The molecular formula is C28H27F2N7O3S. The molecular weight excluding hydrogens is 552 g/mol. The van der Waals surface area contributed by atoms with Crippen molar-refractivity contribution in [1.82, 2.24) is 19.9 Å². The average molecular weight is 580 g/mol. The predicted octanol–water partition coefficient (Wildman–Crippen LogP) is 4.28. The summed E-state index contributed by atoms with van der Waals surface area (Å²) in [5.74, 6) is -1.16. The summed E-state index contributed by atoms with van der Waals surface area (Å²) in [5.41, 5.74) is 6.06. The summed E-state index contributed by atoms with van der Waals surface area (Å²) in [7, 11) is 3.34. The SMILES string of the molecule is C=CC(=O)N1CCC(N(C)c2nc(OCCOC)nc3c(F)c(-c4ccc(F)c5sc(N)c(C#N)c45)ncc23)C1C. The number of anilines is 2. The van der Waals surface area contributed by atoms with Crippen LogP contribution in [0.3, 0.4) is 0 Å². The van der Waals surface area contributed by atoms with Gasteiger partial charge in [0.1, 0.15) is 40.5 Å². The fraction of sp³-hybridized carbons (Fsp3) is 0.321. The van der Waals surface area contributed by atoms with Crippen molar-refractivity contribution in [3.05, 3.63) is 48.2 Å². The Labute approximate surface area is 238 Å². The van der Waals surface area contributed by atoms with Gasteiger partial charge in [0.15, 0.2) is 5.82 Å². The number of pyridine rings is 1. The Hall–Kier alpha value is -4.41. The van der Waals surface area contributed by atoms with E-state index in [0.29, 0.717) is 24.2 Å². The van der Waals surface area contributed by atoms with Gasteiger partial charge in [0.25, 0.3) is 0 Å².